The highest BCUT2D eigenvalue weighted by Crippen LogP contribution is 2.13. The van der Waals surface area contributed by atoms with Crippen LogP contribution in [0.4, 0.5) is 14.5 Å². The third-order valence-electron chi connectivity index (χ3n) is 2.88. The summed E-state index contributed by atoms with van der Waals surface area (Å²) in [7, 11) is 1.59. The minimum atomic E-state index is -0.924. The highest BCUT2D eigenvalue weighted by molar-refractivity contribution is 5.94. The smallest absolute Gasteiger partial charge is 0.253 e. The highest BCUT2D eigenvalue weighted by atomic mass is 19.2. The van der Waals surface area contributed by atoms with Gasteiger partial charge in [0.2, 0.25) is 0 Å². The number of nitrogens with zero attached hydrogens (tertiary/aromatic N) is 1. The summed E-state index contributed by atoms with van der Waals surface area (Å²) in [6.45, 7) is 0.185. The average Bonchev–Trinajstić information content (AvgIpc) is 2.42. The lowest BCUT2D eigenvalue weighted by molar-refractivity contribution is 0.0785. The van der Waals surface area contributed by atoms with E-state index < -0.39 is 11.6 Å². The lowest BCUT2D eigenvalue weighted by Gasteiger charge is -2.17. The molecule has 2 aromatic rings. The van der Waals surface area contributed by atoms with Crippen LogP contribution in [0, 0.1) is 11.6 Å². The van der Waals surface area contributed by atoms with E-state index in [1.165, 1.54) is 11.0 Å². The molecule has 0 saturated heterocycles. The van der Waals surface area contributed by atoms with Gasteiger partial charge in [-0.1, -0.05) is 12.1 Å². The number of carbonyl (C=O) groups is 1. The zero-order valence-electron chi connectivity index (χ0n) is 10.9. The van der Waals surface area contributed by atoms with Gasteiger partial charge in [0.05, 0.1) is 0 Å². The first-order chi connectivity index (χ1) is 9.47. The number of hydrogen-bond acceptors (Lipinski definition) is 2. The molecule has 20 heavy (non-hydrogen) atoms. The molecule has 0 heterocycles. The summed E-state index contributed by atoms with van der Waals surface area (Å²) in [6.07, 6.45) is 0. The van der Waals surface area contributed by atoms with Crippen molar-refractivity contribution in [2.24, 2.45) is 0 Å². The van der Waals surface area contributed by atoms with Crippen LogP contribution < -0.4 is 5.73 Å². The van der Waals surface area contributed by atoms with Crippen LogP contribution >= 0.6 is 0 Å². The zero-order valence-corrected chi connectivity index (χ0v) is 10.9. The summed E-state index contributed by atoms with van der Waals surface area (Å²) in [5.41, 5.74) is 7.09. The molecule has 0 bridgehead atoms. The van der Waals surface area contributed by atoms with Gasteiger partial charge < -0.3 is 10.6 Å². The summed E-state index contributed by atoms with van der Waals surface area (Å²) in [5, 5.41) is 0. The van der Waals surface area contributed by atoms with E-state index in [0.717, 1.165) is 12.1 Å². The number of rotatable bonds is 3. The Morgan fingerprint density at radius 2 is 1.90 bits per heavy atom. The third kappa shape index (κ3) is 3.12. The van der Waals surface area contributed by atoms with Gasteiger partial charge in [-0.3, -0.25) is 4.79 Å². The number of anilines is 1. The van der Waals surface area contributed by atoms with Crippen molar-refractivity contribution >= 4 is 11.6 Å². The Hall–Kier alpha value is -2.43. The highest BCUT2D eigenvalue weighted by Gasteiger charge is 2.13. The molecular weight excluding hydrogens is 262 g/mol. The van der Waals surface area contributed by atoms with Gasteiger partial charge in [-0.25, -0.2) is 8.78 Å². The van der Waals surface area contributed by atoms with Crippen LogP contribution in [0.15, 0.2) is 42.5 Å². The maximum absolute atomic E-state index is 13.1. The standard InChI is InChI=1S/C15H14F2N2O/c1-19(9-10-5-6-13(16)14(17)7-10)15(20)11-3-2-4-12(18)8-11/h2-8H,9,18H2,1H3. The molecule has 0 unspecified atom stereocenters. The zero-order chi connectivity index (χ0) is 14.7. The van der Waals surface area contributed by atoms with E-state index in [1.807, 2.05) is 0 Å². The van der Waals surface area contributed by atoms with Gasteiger partial charge in [-0.05, 0) is 35.9 Å². The van der Waals surface area contributed by atoms with Crippen LogP contribution in [0.1, 0.15) is 15.9 Å². The molecule has 0 aliphatic heterocycles. The van der Waals surface area contributed by atoms with Crippen molar-refractivity contribution in [3.05, 3.63) is 65.2 Å². The second-order valence-corrected chi connectivity index (χ2v) is 4.54. The van der Waals surface area contributed by atoms with E-state index in [9.17, 15) is 13.6 Å². The van der Waals surface area contributed by atoms with Crippen molar-refractivity contribution in [1.82, 2.24) is 4.90 Å². The molecule has 0 radical (unpaired) electrons. The van der Waals surface area contributed by atoms with Crippen molar-refractivity contribution in [3.63, 3.8) is 0 Å². The molecule has 1 amide bonds. The molecule has 104 valence electrons. The fourth-order valence-corrected chi connectivity index (χ4v) is 1.88. The maximum atomic E-state index is 13.1. The molecule has 0 atom stereocenters. The Labute approximate surface area is 115 Å². The topological polar surface area (TPSA) is 46.3 Å². The largest absolute Gasteiger partial charge is 0.399 e. The number of benzene rings is 2. The Bertz CT molecular complexity index is 644. The first-order valence-electron chi connectivity index (χ1n) is 6.02. The molecule has 0 saturated carbocycles. The Morgan fingerprint density at radius 1 is 1.15 bits per heavy atom. The summed E-state index contributed by atoms with van der Waals surface area (Å²) < 4.78 is 25.9. The summed E-state index contributed by atoms with van der Waals surface area (Å²) in [5.74, 6) is -2.06. The molecule has 0 aromatic heterocycles. The van der Waals surface area contributed by atoms with Gasteiger partial charge >= 0.3 is 0 Å². The lowest BCUT2D eigenvalue weighted by atomic mass is 10.1. The number of halogens is 2. The van der Waals surface area contributed by atoms with Crippen molar-refractivity contribution in [1.29, 1.82) is 0 Å². The third-order valence-corrected chi connectivity index (χ3v) is 2.88. The van der Waals surface area contributed by atoms with Crippen LogP contribution in [-0.4, -0.2) is 17.9 Å². The normalized spacial score (nSPS) is 10.3. The van der Waals surface area contributed by atoms with Crippen molar-refractivity contribution < 1.29 is 13.6 Å². The summed E-state index contributed by atoms with van der Waals surface area (Å²) in [4.78, 5) is 13.6. The van der Waals surface area contributed by atoms with Gasteiger partial charge in [0.1, 0.15) is 0 Å². The molecule has 2 N–H and O–H groups in total. The van der Waals surface area contributed by atoms with Crippen LogP contribution in [-0.2, 0) is 6.54 Å². The molecule has 0 spiro atoms. The van der Waals surface area contributed by atoms with Gasteiger partial charge in [-0.15, -0.1) is 0 Å². The monoisotopic (exact) mass is 276 g/mol. The van der Waals surface area contributed by atoms with Gasteiger partial charge in [0.15, 0.2) is 11.6 Å². The van der Waals surface area contributed by atoms with E-state index in [0.29, 0.717) is 16.8 Å². The molecule has 0 fully saturated rings. The minimum absolute atomic E-state index is 0.185. The number of nitrogen functional groups attached to an aromatic ring is 1. The number of nitrogens with two attached hydrogens (primary N) is 1. The van der Waals surface area contributed by atoms with E-state index in [2.05, 4.69) is 0 Å². The van der Waals surface area contributed by atoms with Gasteiger partial charge in [0.25, 0.3) is 5.91 Å². The molecule has 0 aliphatic rings. The molecule has 0 aliphatic carbocycles. The van der Waals surface area contributed by atoms with Crippen molar-refractivity contribution in [2.45, 2.75) is 6.54 Å². The molecule has 2 aromatic carbocycles. The van der Waals surface area contributed by atoms with E-state index in [-0.39, 0.29) is 12.5 Å². The predicted octanol–water partition coefficient (Wildman–Crippen LogP) is 2.82. The quantitative estimate of drug-likeness (QED) is 0.876. The van der Waals surface area contributed by atoms with E-state index >= 15 is 0 Å². The Kier molecular flexibility index (Phi) is 3.98. The van der Waals surface area contributed by atoms with Crippen LogP contribution in [0.5, 0.6) is 0 Å². The second-order valence-electron chi connectivity index (χ2n) is 4.54. The first kappa shape index (κ1) is 14.0. The van der Waals surface area contributed by atoms with Crippen molar-refractivity contribution in [3.8, 4) is 0 Å². The average molecular weight is 276 g/mol. The van der Waals surface area contributed by atoms with Gasteiger partial charge in [-0.2, -0.15) is 0 Å². The molecular formula is C15H14F2N2O. The lowest BCUT2D eigenvalue weighted by Crippen LogP contribution is -2.26. The summed E-state index contributed by atoms with van der Waals surface area (Å²) in [6, 6.07) is 10.2. The fraction of sp³-hybridized carbons (Fsp3) is 0.133. The second kappa shape index (κ2) is 5.69. The first-order valence-corrected chi connectivity index (χ1v) is 6.02. The molecule has 5 heteroatoms. The van der Waals surface area contributed by atoms with Crippen LogP contribution in [0.3, 0.4) is 0 Å². The van der Waals surface area contributed by atoms with Gasteiger partial charge in [0, 0.05) is 24.8 Å². The SMILES string of the molecule is CN(Cc1ccc(F)c(F)c1)C(=O)c1cccc(N)c1. The van der Waals surface area contributed by atoms with E-state index in [1.54, 1.807) is 31.3 Å². The van der Waals surface area contributed by atoms with Crippen molar-refractivity contribution in [2.75, 3.05) is 12.8 Å². The number of carbonyl (C=O) groups excluding carboxylic acids is 1. The fourth-order valence-electron chi connectivity index (χ4n) is 1.88. The predicted molar refractivity (Wildman–Crippen MR) is 73.0 cm³/mol. The Morgan fingerprint density at radius 3 is 2.55 bits per heavy atom. The maximum Gasteiger partial charge on any atom is 0.253 e. The minimum Gasteiger partial charge on any atom is -0.399 e. The van der Waals surface area contributed by atoms with Crippen LogP contribution in [0.25, 0.3) is 0 Å². The number of amides is 1. The Balaban J connectivity index is 2.13. The molecule has 3 nitrogen and oxygen atoms in total. The summed E-state index contributed by atoms with van der Waals surface area (Å²) >= 11 is 0. The number of hydrogen-bond donors (Lipinski definition) is 1. The van der Waals surface area contributed by atoms with Crippen LogP contribution in [0.2, 0.25) is 0 Å². The van der Waals surface area contributed by atoms with E-state index in [4.69, 9.17) is 5.73 Å². The molecule has 2 rings (SSSR count).